The van der Waals surface area contributed by atoms with E-state index in [4.69, 9.17) is 19.2 Å². The first kappa shape index (κ1) is 26.7. The van der Waals surface area contributed by atoms with Crippen molar-refractivity contribution in [2.24, 2.45) is 5.92 Å². The Balaban J connectivity index is 2.22. The maximum atomic E-state index is 13.8. The van der Waals surface area contributed by atoms with Crippen molar-refractivity contribution in [1.82, 2.24) is 4.90 Å². The second kappa shape index (κ2) is 10.4. The minimum Gasteiger partial charge on any atom is -0.481 e. The smallest absolute Gasteiger partial charge is 0.413 e. The predicted octanol–water partition coefficient (Wildman–Crippen LogP) is 3.82. The highest BCUT2D eigenvalue weighted by atomic mass is 17.2. The summed E-state index contributed by atoms with van der Waals surface area (Å²) in [7, 11) is 0. The fourth-order valence-corrected chi connectivity index (χ4v) is 3.74. The van der Waals surface area contributed by atoms with Crippen LogP contribution in [0.5, 0.6) is 5.75 Å². The number of rotatable bonds is 6. The first-order chi connectivity index (χ1) is 16.8. The predicted molar refractivity (Wildman–Crippen MR) is 125 cm³/mol. The van der Waals surface area contributed by atoms with E-state index in [0.29, 0.717) is 5.56 Å². The van der Waals surface area contributed by atoms with Crippen LogP contribution in [0.4, 0.5) is 4.79 Å². The average molecular weight is 500 g/mol. The maximum absolute atomic E-state index is 13.8. The lowest BCUT2D eigenvalue weighted by atomic mass is 9.80. The number of ketones is 1. The van der Waals surface area contributed by atoms with Gasteiger partial charge in [0.15, 0.2) is 11.5 Å². The molecular weight excluding hydrogens is 470 g/mol. The summed E-state index contributed by atoms with van der Waals surface area (Å²) in [5, 5.41) is 9.63. The van der Waals surface area contributed by atoms with Crippen molar-refractivity contribution >= 4 is 23.8 Å². The molecule has 10 nitrogen and oxygen atoms in total. The number of carboxylic acids is 1. The van der Waals surface area contributed by atoms with Crippen molar-refractivity contribution in [2.75, 3.05) is 0 Å². The van der Waals surface area contributed by atoms with Gasteiger partial charge in [-0.3, -0.25) is 19.4 Å². The van der Waals surface area contributed by atoms with Crippen molar-refractivity contribution < 1.29 is 43.5 Å². The number of ether oxygens (including phenoxy) is 2. The minimum absolute atomic E-state index is 0.0655. The molecule has 0 spiro atoms. The van der Waals surface area contributed by atoms with Crippen molar-refractivity contribution in [3.63, 3.8) is 0 Å². The molecule has 0 saturated carbocycles. The third kappa shape index (κ3) is 5.65. The second-order valence-corrected chi connectivity index (χ2v) is 9.51. The van der Waals surface area contributed by atoms with Crippen molar-refractivity contribution in [3.8, 4) is 5.75 Å². The molecule has 192 valence electrons. The lowest BCUT2D eigenvalue weighted by Gasteiger charge is -2.43. The van der Waals surface area contributed by atoms with Gasteiger partial charge in [0.25, 0.3) is 0 Å². The summed E-state index contributed by atoms with van der Waals surface area (Å²) in [5.74, 6) is -4.89. The Morgan fingerprint density at radius 3 is 2.36 bits per heavy atom. The Kier molecular flexibility index (Phi) is 7.68. The van der Waals surface area contributed by atoms with E-state index in [0.717, 1.165) is 4.90 Å². The van der Waals surface area contributed by atoms with Gasteiger partial charge in [-0.2, -0.15) is 0 Å². The fourth-order valence-electron chi connectivity index (χ4n) is 3.74. The quantitative estimate of drug-likeness (QED) is 0.466. The van der Waals surface area contributed by atoms with Crippen LogP contribution in [-0.4, -0.2) is 45.7 Å². The summed E-state index contributed by atoms with van der Waals surface area (Å²) in [5.41, 5.74) is -2.20. The van der Waals surface area contributed by atoms with E-state index in [-0.39, 0.29) is 17.9 Å². The number of nitrogens with zero attached hydrogens (tertiary/aromatic N) is 1. The maximum Gasteiger partial charge on any atom is 0.413 e. The summed E-state index contributed by atoms with van der Waals surface area (Å²) in [4.78, 5) is 63.3. The second-order valence-electron chi connectivity index (χ2n) is 9.51. The van der Waals surface area contributed by atoms with Gasteiger partial charge in [0.1, 0.15) is 17.1 Å². The Morgan fingerprint density at radius 1 is 1.08 bits per heavy atom. The Labute approximate surface area is 208 Å². The number of hydrogen-bond acceptors (Lipinski definition) is 8. The van der Waals surface area contributed by atoms with Crippen LogP contribution in [-0.2, 0) is 40.9 Å². The largest absolute Gasteiger partial charge is 0.481 e. The number of amides is 1. The first-order valence-electron chi connectivity index (χ1n) is 11.3. The molecule has 36 heavy (non-hydrogen) atoms. The van der Waals surface area contributed by atoms with E-state index in [9.17, 15) is 24.3 Å². The summed E-state index contributed by atoms with van der Waals surface area (Å²) in [6.45, 7) is 7.24. The number of Topliss-reactive ketones (excluding diaryl/α,β-unsaturated/α-hetero) is 1. The molecule has 0 radical (unpaired) electrons. The van der Waals surface area contributed by atoms with Crippen molar-refractivity contribution in [2.45, 2.75) is 58.6 Å². The molecule has 1 amide bonds. The molecule has 0 fully saturated rings. The van der Waals surface area contributed by atoms with E-state index in [1.165, 1.54) is 38.1 Å². The summed E-state index contributed by atoms with van der Waals surface area (Å²) in [6, 6.07) is 14.7. The van der Waals surface area contributed by atoms with E-state index in [2.05, 4.69) is 0 Å². The molecule has 2 aromatic carbocycles. The number of carboxylic acid groups (broad SMARTS) is 1. The van der Waals surface area contributed by atoms with Gasteiger partial charge in [-0.15, -0.1) is 0 Å². The molecule has 3 unspecified atom stereocenters. The minimum atomic E-state index is -2.02. The highest BCUT2D eigenvalue weighted by molar-refractivity contribution is 6.05. The summed E-state index contributed by atoms with van der Waals surface area (Å²) >= 11 is 0. The van der Waals surface area contributed by atoms with E-state index in [1.54, 1.807) is 51.1 Å². The monoisotopic (exact) mass is 499 g/mol. The molecule has 1 aliphatic heterocycles. The number of carbonyl (C=O) groups is 4. The number of hydrogen-bond donors (Lipinski definition) is 1. The third-order valence-corrected chi connectivity index (χ3v) is 5.62. The first-order valence-corrected chi connectivity index (χ1v) is 11.3. The molecule has 0 aromatic heterocycles. The molecule has 0 saturated heterocycles. The molecule has 2 bridgehead atoms. The van der Waals surface area contributed by atoms with Crippen LogP contribution in [0, 0.1) is 5.92 Å². The van der Waals surface area contributed by atoms with Gasteiger partial charge in [0.05, 0.1) is 6.61 Å². The normalized spacial score (nSPS) is 20.6. The Morgan fingerprint density at radius 2 is 1.75 bits per heavy atom. The zero-order valence-corrected chi connectivity index (χ0v) is 20.7. The van der Waals surface area contributed by atoms with Crippen LogP contribution in [0.2, 0.25) is 0 Å². The molecule has 2 aromatic rings. The van der Waals surface area contributed by atoms with E-state index in [1.807, 2.05) is 0 Å². The fraction of sp³-hybridized carbons (Fsp3) is 0.385. The van der Waals surface area contributed by atoms with Crippen LogP contribution in [0.15, 0.2) is 54.6 Å². The lowest BCUT2D eigenvalue weighted by molar-refractivity contribution is -0.238. The number of aliphatic carboxylic acids is 1. The summed E-state index contributed by atoms with van der Waals surface area (Å²) < 4.78 is 11.4. The van der Waals surface area contributed by atoms with Crippen molar-refractivity contribution in [3.05, 3.63) is 65.7 Å². The molecule has 10 heteroatoms. The van der Waals surface area contributed by atoms with Gasteiger partial charge < -0.3 is 14.6 Å². The molecule has 1 aliphatic rings. The van der Waals surface area contributed by atoms with Crippen LogP contribution >= 0.6 is 0 Å². The standard InChI is InChI=1S/C26H29NO9/c1-16(22(29)30)20(28)26(5)18-12-9-13-19(14-18)35-36-23(31)21(27(26)24(32)34-25(2,3)4)33-15-17-10-7-6-8-11-17/h6-14,16,21H,15H2,1-5H3,(H,29,30). The summed E-state index contributed by atoms with van der Waals surface area (Å²) in [6.07, 6.45) is -2.91. The van der Waals surface area contributed by atoms with Crippen LogP contribution in [0.1, 0.15) is 45.7 Å². The average Bonchev–Trinajstić information content (AvgIpc) is 2.85. The highest BCUT2D eigenvalue weighted by Crippen LogP contribution is 2.38. The van der Waals surface area contributed by atoms with Crippen molar-refractivity contribution in [1.29, 1.82) is 0 Å². The topological polar surface area (TPSA) is 129 Å². The SMILES string of the molecule is CC(C(=O)O)C(=O)C1(C)c2cccc(c2)OOC(=O)C(OCc2ccccc2)N1C(=O)OC(C)(C)C. The zero-order chi connectivity index (χ0) is 26.7. The molecule has 1 heterocycles. The van der Waals surface area contributed by atoms with Gasteiger partial charge in [-0.1, -0.05) is 42.5 Å². The van der Waals surface area contributed by atoms with E-state index < -0.39 is 47.1 Å². The zero-order valence-electron chi connectivity index (χ0n) is 20.7. The Hall–Kier alpha value is -3.92. The van der Waals surface area contributed by atoms with Crippen LogP contribution < -0.4 is 4.89 Å². The molecular formula is C26H29NO9. The molecule has 0 aliphatic carbocycles. The number of benzene rings is 2. The molecule has 3 rings (SSSR count). The van der Waals surface area contributed by atoms with Gasteiger partial charge in [-0.05, 0) is 57.9 Å². The van der Waals surface area contributed by atoms with Gasteiger partial charge in [-0.25, -0.2) is 14.5 Å². The van der Waals surface area contributed by atoms with Crippen LogP contribution in [0.3, 0.4) is 0 Å². The molecule has 1 N–H and O–H groups in total. The highest BCUT2D eigenvalue weighted by Gasteiger charge is 2.54. The van der Waals surface area contributed by atoms with Gasteiger partial charge in [0.2, 0.25) is 6.23 Å². The third-order valence-electron chi connectivity index (χ3n) is 5.62. The van der Waals surface area contributed by atoms with Gasteiger partial charge >= 0.3 is 18.0 Å². The number of carbonyl (C=O) groups excluding carboxylic acids is 3. The van der Waals surface area contributed by atoms with Gasteiger partial charge in [0, 0.05) is 0 Å². The van der Waals surface area contributed by atoms with E-state index >= 15 is 0 Å². The molecule has 3 atom stereocenters. The lowest BCUT2D eigenvalue weighted by Crippen LogP contribution is -2.62. The van der Waals surface area contributed by atoms with Crippen LogP contribution in [0.25, 0.3) is 0 Å². The number of fused-ring (bicyclic) bond motifs is 2. The Bertz CT molecular complexity index is 1140.